The second-order valence-corrected chi connectivity index (χ2v) is 7.75. The first-order valence-corrected chi connectivity index (χ1v) is 10.4. The van der Waals surface area contributed by atoms with E-state index < -0.39 is 17.6 Å². The lowest BCUT2D eigenvalue weighted by molar-refractivity contribution is -0.137. The van der Waals surface area contributed by atoms with E-state index in [0.29, 0.717) is 44.3 Å². The Morgan fingerprint density at radius 1 is 1.06 bits per heavy atom. The summed E-state index contributed by atoms with van der Waals surface area (Å²) in [6.45, 7) is 2.98. The first kappa shape index (κ1) is 22.8. The maximum atomic E-state index is 13.0. The van der Waals surface area contributed by atoms with Gasteiger partial charge in [-0.1, -0.05) is 18.2 Å². The Morgan fingerprint density at radius 3 is 2.48 bits per heavy atom. The zero-order valence-electron chi connectivity index (χ0n) is 17.6. The standard InChI is InChI=1S/C23H22F4N4O2/c24-18-6-4-16(5-7-18)13-28-22(32)20-15-33-21(29-20)14-30-8-10-31(11-9-30)19-3-1-2-17(12-19)23(25,26)27/h1-7,12,15H,8-11,13-14H2,(H,28,32). The molecule has 0 unspecified atom stereocenters. The molecule has 1 aliphatic heterocycles. The van der Waals surface area contributed by atoms with Crippen LogP contribution < -0.4 is 10.2 Å². The third-order valence-electron chi connectivity index (χ3n) is 5.42. The van der Waals surface area contributed by atoms with Crippen LogP contribution >= 0.6 is 0 Å². The summed E-state index contributed by atoms with van der Waals surface area (Å²) in [6.07, 6.45) is -3.08. The fourth-order valence-corrected chi connectivity index (χ4v) is 3.60. The van der Waals surface area contributed by atoms with E-state index in [4.69, 9.17) is 4.42 Å². The quantitative estimate of drug-likeness (QED) is 0.560. The summed E-state index contributed by atoms with van der Waals surface area (Å²) in [4.78, 5) is 20.5. The number of rotatable bonds is 6. The first-order valence-electron chi connectivity index (χ1n) is 10.4. The van der Waals surface area contributed by atoms with Gasteiger partial charge in [0.25, 0.3) is 5.91 Å². The van der Waals surface area contributed by atoms with Crippen LogP contribution in [0.25, 0.3) is 0 Å². The number of anilines is 1. The van der Waals surface area contributed by atoms with Gasteiger partial charge < -0.3 is 14.6 Å². The van der Waals surface area contributed by atoms with Crippen LogP contribution in [-0.2, 0) is 19.3 Å². The van der Waals surface area contributed by atoms with Crippen molar-refractivity contribution in [2.24, 2.45) is 0 Å². The smallest absolute Gasteiger partial charge is 0.416 e. The summed E-state index contributed by atoms with van der Waals surface area (Å²) in [6, 6.07) is 11.1. The highest BCUT2D eigenvalue weighted by Crippen LogP contribution is 2.31. The lowest BCUT2D eigenvalue weighted by Crippen LogP contribution is -2.46. The number of carbonyl (C=O) groups is 1. The molecule has 10 heteroatoms. The number of amides is 1. The molecule has 6 nitrogen and oxygen atoms in total. The van der Waals surface area contributed by atoms with Gasteiger partial charge in [-0.3, -0.25) is 9.69 Å². The van der Waals surface area contributed by atoms with Gasteiger partial charge in [0.1, 0.15) is 12.1 Å². The summed E-state index contributed by atoms with van der Waals surface area (Å²) in [5.41, 5.74) is 0.787. The molecule has 1 saturated heterocycles. The molecule has 0 spiro atoms. The van der Waals surface area contributed by atoms with Crippen molar-refractivity contribution >= 4 is 11.6 Å². The van der Waals surface area contributed by atoms with Gasteiger partial charge in [-0.15, -0.1) is 0 Å². The van der Waals surface area contributed by atoms with Crippen molar-refractivity contribution in [3.8, 4) is 0 Å². The van der Waals surface area contributed by atoms with Gasteiger partial charge in [-0.05, 0) is 35.9 Å². The van der Waals surface area contributed by atoms with E-state index in [1.807, 2.05) is 4.90 Å². The SMILES string of the molecule is O=C(NCc1ccc(F)cc1)c1coc(CN2CCN(c3cccc(C(F)(F)F)c3)CC2)n1. The van der Waals surface area contributed by atoms with Crippen LogP contribution in [0.1, 0.15) is 27.5 Å². The van der Waals surface area contributed by atoms with E-state index in [2.05, 4.69) is 15.2 Å². The molecule has 0 radical (unpaired) electrons. The van der Waals surface area contributed by atoms with Gasteiger partial charge >= 0.3 is 6.18 Å². The Kier molecular flexibility index (Phi) is 6.64. The lowest BCUT2D eigenvalue weighted by atomic mass is 10.1. The van der Waals surface area contributed by atoms with E-state index in [9.17, 15) is 22.4 Å². The van der Waals surface area contributed by atoms with E-state index in [-0.39, 0.29) is 18.1 Å². The van der Waals surface area contributed by atoms with Gasteiger partial charge in [0.15, 0.2) is 5.69 Å². The molecule has 33 heavy (non-hydrogen) atoms. The minimum Gasteiger partial charge on any atom is -0.447 e. The van der Waals surface area contributed by atoms with Gasteiger partial charge in [0.2, 0.25) is 5.89 Å². The number of hydrogen-bond acceptors (Lipinski definition) is 5. The normalized spacial score (nSPS) is 15.0. The second kappa shape index (κ2) is 9.62. The van der Waals surface area contributed by atoms with Crippen LogP contribution in [0.2, 0.25) is 0 Å². The summed E-state index contributed by atoms with van der Waals surface area (Å²) >= 11 is 0. The van der Waals surface area contributed by atoms with Gasteiger partial charge in [0.05, 0.1) is 12.1 Å². The largest absolute Gasteiger partial charge is 0.447 e. The van der Waals surface area contributed by atoms with Crippen LogP contribution in [0, 0.1) is 5.82 Å². The third-order valence-corrected chi connectivity index (χ3v) is 5.42. The number of halogens is 4. The van der Waals surface area contributed by atoms with Crippen molar-refractivity contribution in [2.45, 2.75) is 19.3 Å². The average Bonchev–Trinajstić information content (AvgIpc) is 3.27. The molecule has 0 atom stereocenters. The maximum Gasteiger partial charge on any atom is 0.416 e. The van der Waals surface area contributed by atoms with Crippen molar-refractivity contribution in [1.82, 2.24) is 15.2 Å². The van der Waals surface area contributed by atoms with E-state index in [1.54, 1.807) is 18.2 Å². The van der Waals surface area contributed by atoms with Crippen molar-refractivity contribution in [1.29, 1.82) is 0 Å². The van der Waals surface area contributed by atoms with Gasteiger partial charge in [-0.25, -0.2) is 9.37 Å². The molecule has 1 aliphatic rings. The minimum atomic E-state index is -4.37. The number of piperazine rings is 1. The molecule has 2 aromatic carbocycles. The number of alkyl halides is 3. The Bertz CT molecular complexity index is 1090. The Morgan fingerprint density at radius 2 is 1.79 bits per heavy atom. The molecular formula is C23H22F4N4O2. The molecule has 174 valence electrons. The van der Waals surface area contributed by atoms with Crippen molar-refractivity contribution in [3.63, 3.8) is 0 Å². The number of oxazole rings is 1. The van der Waals surface area contributed by atoms with Gasteiger partial charge in [-0.2, -0.15) is 13.2 Å². The number of carbonyl (C=O) groups excluding carboxylic acids is 1. The van der Waals surface area contributed by atoms with Crippen molar-refractivity contribution in [2.75, 3.05) is 31.1 Å². The fraction of sp³-hybridized carbons (Fsp3) is 0.304. The van der Waals surface area contributed by atoms with Crippen LogP contribution in [0.3, 0.4) is 0 Å². The average molecular weight is 462 g/mol. The Hall–Kier alpha value is -3.40. The first-order chi connectivity index (χ1) is 15.8. The van der Waals surface area contributed by atoms with Crippen LogP contribution in [0.5, 0.6) is 0 Å². The highest BCUT2D eigenvalue weighted by molar-refractivity contribution is 5.91. The minimum absolute atomic E-state index is 0.148. The molecule has 0 aliphatic carbocycles. The lowest BCUT2D eigenvalue weighted by Gasteiger charge is -2.35. The highest BCUT2D eigenvalue weighted by Gasteiger charge is 2.31. The number of hydrogen-bond donors (Lipinski definition) is 1. The van der Waals surface area contributed by atoms with Crippen molar-refractivity contribution < 1.29 is 26.8 Å². The molecule has 1 amide bonds. The van der Waals surface area contributed by atoms with E-state index >= 15 is 0 Å². The van der Waals surface area contributed by atoms with Crippen LogP contribution in [0.4, 0.5) is 23.2 Å². The molecule has 0 saturated carbocycles. The second-order valence-electron chi connectivity index (χ2n) is 7.75. The topological polar surface area (TPSA) is 61.6 Å². The zero-order chi connectivity index (χ0) is 23.4. The molecular weight excluding hydrogens is 440 g/mol. The number of aromatic nitrogens is 1. The summed E-state index contributed by atoms with van der Waals surface area (Å²) in [5.74, 6) is -0.361. The zero-order valence-corrected chi connectivity index (χ0v) is 17.6. The highest BCUT2D eigenvalue weighted by atomic mass is 19.4. The number of nitrogens with zero attached hydrogens (tertiary/aromatic N) is 3. The molecule has 2 heterocycles. The molecule has 0 bridgehead atoms. The summed E-state index contributed by atoms with van der Waals surface area (Å²) in [5, 5.41) is 2.71. The van der Waals surface area contributed by atoms with Crippen LogP contribution in [-0.4, -0.2) is 42.0 Å². The molecule has 1 aromatic heterocycles. The number of benzene rings is 2. The predicted octanol–water partition coefficient (Wildman–Crippen LogP) is 4.08. The molecule has 1 fully saturated rings. The summed E-state index contributed by atoms with van der Waals surface area (Å²) < 4.78 is 57.3. The molecule has 1 N–H and O–H groups in total. The third kappa shape index (κ3) is 5.89. The van der Waals surface area contributed by atoms with E-state index in [1.165, 1.54) is 30.5 Å². The Labute approximate surface area is 187 Å². The predicted molar refractivity (Wildman–Crippen MR) is 113 cm³/mol. The maximum absolute atomic E-state index is 13.0. The van der Waals surface area contributed by atoms with Crippen molar-refractivity contribution in [3.05, 3.63) is 83.3 Å². The van der Waals surface area contributed by atoms with Crippen LogP contribution in [0.15, 0.2) is 59.2 Å². The van der Waals surface area contributed by atoms with E-state index in [0.717, 1.165) is 11.6 Å². The van der Waals surface area contributed by atoms with Gasteiger partial charge in [0, 0.05) is 38.4 Å². The monoisotopic (exact) mass is 462 g/mol. The fourth-order valence-electron chi connectivity index (χ4n) is 3.60. The Balaban J connectivity index is 1.27. The summed E-state index contributed by atoms with van der Waals surface area (Å²) in [7, 11) is 0. The molecule has 4 rings (SSSR count). The molecule has 3 aromatic rings. The number of nitrogens with one attached hydrogen (secondary N) is 1.